The van der Waals surface area contributed by atoms with Gasteiger partial charge < -0.3 is 29.4 Å². The van der Waals surface area contributed by atoms with Crippen molar-refractivity contribution in [2.75, 3.05) is 32.8 Å². The van der Waals surface area contributed by atoms with Crippen LogP contribution in [-0.4, -0.2) is 60.5 Å². The Morgan fingerprint density at radius 3 is 2.16 bits per heavy atom. The van der Waals surface area contributed by atoms with Gasteiger partial charge in [0, 0.05) is 30.6 Å². The number of aliphatic hydroxyl groups is 1. The average Bonchev–Trinajstić information content (AvgIpc) is 2.85. The van der Waals surface area contributed by atoms with Crippen LogP contribution in [0.4, 0.5) is 19.0 Å². The second-order valence-electron chi connectivity index (χ2n) is 9.86. The highest BCUT2D eigenvalue weighted by molar-refractivity contribution is 5.95. The lowest BCUT2D eigenvalue weighted by atomic mass is 9.91. The highest BCUT2D eigenvalue weighted by atomic mass is 19.3. The summed E-state index contributed by atoms with van der Waals surface area (Å²) in [7, 11) is 3.14. The molecule has 2 aromatic carbocycles. The maximum absolute atomic E-state index is 15.3. The van der Waals surface area contributed by atoms with Crippen molar-refractivity contribution in [1.29, 1.82) is 0 Å². The van der Waals surface area contributed by atoms with E-state index in [4.69, 9.17) is 18.9 Å². The molecule has 1 aromatic heterocycles. The first-order valence-electron chi connectivity index (χ1n) is 12.2. The summed E-state index contributed by atoms with van der Waals surface area (Å²) in [6.45, 7) is 5.77. The molecule has 0 spiro atoms. The normalized spacial score (nSPS) is 19.1. The Hall–Kier alpha value is -3.15. The van der Waals surface area contributed by atoms with Gasteiger partial charge in [-0.05, 0) is 45.9 Å². The molecule has 0 saturated carbocycles. The predicted octanol–water partition coefficient (Wildman–Crippen LogP) is 4.91. The molecule has 206 valence electrons. The Bertz CT molecular complexity index is 1320. The van der Waals surface area contributed by atoms with Gasteiger partial charge in [-0.2, -0.15) is 13.9 Å². The van der Waals surface area contributed by atoms with Gasteiger partial charge in [-0.1, -0.05) is 12.1 Å². The van der Waals surface area contributed by atoms with Crippen molar-refractivity contribution in [3.8, 4) is 11.5 Å². The van der Waals surface area contributed by atoms with Crippen LogP contribution in [0, 0.1) is 12.7 Å². The van der Waals surface area contributed by atoms with Crippen LogP contribution in [0.15, 0.2) is 30.3 Å². The number of fused-ring (bicyclic) bond motifs is 2. The lowest BCUT2D eigenvalue weighted by molar-refractivity contribution is -0.170. The fourth-order valence-electron chi connectivity index (χ4n) is 4.36. The van der Waals surface area contributed by atoms with Crippen molar-refractivity contribution in [3.05, 3.63) is 53.0 Å². The summed E-state index contributed by atoms with van der Waals surface area (Å²) in [5.41, 5.74) is -2.72. The molecule has 8 nitrogen and oxygen atoms in total. The summed E-state index contributed by atoms with van der Waals surface area (Å²) in [6, 6.07) is 6.47. The first-order chi connectivity index (χ1) is 17.9. The highest BCUT2D eigenvalue weighted by Crippen LogP contribution is 2.42. The number of hydrogen-bond acceptors (Lipinski definition) is 8. The largest absolute Gasteiger partial charge is 0.487 e. The van der Waals surface area contributed by atoms with Gasteiger partial charge in [0.1, 0.15) is 36.8 Å². The minimum atomic E-state index is -3.81. The van der Waals surface area contributed by atoms with Crippen LogP contribution in [0.25, 0.3) is 10.8 Å². The second kappa shape index (κ2) is 10.5. The fraction of sp³-hybridized carbons (Fsp3) is 0.481. The summed E-state index contributed by atoms with van der Waals surface area (Å²) in [5.74, 6) is -3.65. The first kappa shape index (κ1) is 27.9. The molecule has 2 heterocycles. The second-order valence-corrected chi connectivity index (χ2v) is 9.86. The molecule has 3 atom stereocenters. The third-order valence-electron chi connectivity index (χ3n) is 6.81. The van der Waals surface area contributed by atoms with Gasteiger partial charge in [-0.3, -0.25) is 0 Å². The summed E-state index contributed by atoms with van der Waals surface area (Å²) in [5, 5.41) is 22.8. The maximum atomic E-state index is 15.3. The molecule has 0 radical (unpaired) electrons. The highest BCUT2D eigenvalue weighted by Gasteiger charge is 2.49. The Labute approximate surface area is 219 Å². The Balaban J connectivity index is 1.71. The average molecular weight is 536 g/mol. The number of aryl methyl sites for hydroxylation is 1. The molecule has 1 aliphatic rings. The monoisotopic (exact) mass is 535 g/mol. The van der Waals surface area contributed by atoms with Crippen LogP contribution >= 0.6 is 0 Å². The molecule has 0 aliphatic carbocycles. The molecule has 38 heavy (non-hydrogen) atoms. The zero-order chi connectivity index (χ0) is 27.8. The molecule has 3 aromatic rings. The summed E-state index contributed by atoms with van der Waals surface area (Å²) >= 11 is 0. The van der Waals surface area contributed by atoms with Crippen LogP contribution in [0.2, 0.25) is 0 Å². The number of anilines is 1. The van der Waals surface area contributed by atoms with E-state index in [1.54, 1.807) is 40.2 Å². The number of alkyl halides is 2. The van der Waals surface area contributed by atoms with E-state index < -0.39 is 28.9 Å². The standard InChI is InChI=1S/C27H32F3N3O5/c1-14(16-8-7-9-19(24(16)28)27(29,30)26(3,4)34)31-25-18-11-21-20(10-17(18)15(2)32-33-25)37-12-22(35-5)23(36-6)13-38-21/h7-11,14,22-23,34H,12-13H2,1-6H3,(H,31,33). The molecule has 2 N–H and O–H groups in total. The molecule has 1 aliphatic heterocycles. The Kier molecular flexibility index (Phi) is 7.74. The van der Waals surface area contributed by atoms with Gasteiger partial charge in [0.15, 0.2) is 17.3 Å². The molecule has 0 fully saturated rings. The van der Waals surface area contributed by atoms with E-state index >= 15 is 4.39 Å². The Morgan fingerprint density at radius 2 is 1.61 bits per heavy atom. The van der Waals surface area contributed by atoms with Crippen LogP contribution in [0.5, 0.6) is 11.5 Å². The van der Waals surface area contributed by atoms with Gasteiger partial charge >= 0.3 is 5.92 Å². The number of halogens is 3. The quantitative estimate of drug-likeness (QED) is 0.441. The number of rotatable bonds is 7. The van der Waals surface area contributed by atoms with Crippen molar-refractivity contribution in [2.24, 2.45) is 0 Å². The number of aromatic nitrogens is 2. The number of methoxy groups -OCH3 is 2. The van der Waals surface area contributed by atoms with Crippen LogP contribution in [-0.2, 0) is 15.4 Å². The molecule has 11 heteroatoms. The SMILES string of the molecule is COC1COc2cc3c(C)nnc(NC(C)c4cccc(C(F)(F)C(C)(C)O)c4F)c3cc2OCC1OC. The number of benzene rings is 2. The van der Waals surface area contributed by atoms with Crippen molar-refractivity contribution in [1.82, 2.24) is 10.2 Å². The van der Waals surface area contributed by atoms with Crippen LogP contribution in [0.1, 0.15) is 43.6 Å². The van der Waals surface area contributed by atoms with Gasteiger partial charge in [0.2, 0.25) is 0 Å². The molecular formula is C27H32F3N3O5. The molecule has 0 saturated heterocycles. The lowest BCUT2D eigenvalue weighted by Crippen LogP contribution is -2.41. The minimum Gasteiger partial charge on any atom is -0.487 e. The zero-order valence-electron chi connectivity index (χ0n) is 22.1. The van der Waals surface area contributed by atoms with Gasteiger partial charge in [0.25, 0.3) is 0 Å². The molecule has 0 bridgehead atoms. The number of hydrogen-bond donors (Lipinski definition) is 2. The molecular weight excluding hydrogens is 503 g/mol. The van der Waals surface area contributed by atoms with E-state index in [2.05, 4.69) is 15.5 Å². The van der Waals surface area contributed by atoms with E-state index in [1.807, 2.05) is 0 Å². The van der Waals surface area contributed by atoms with E-state index in [0.717, 1.165) is 25.3 Å². The van der Waals surface area contributed by atoms with Crippen LogP contribution in [0.3, 0.4) is 0 Å². The molecule has 4 rings (SSSR count). The number of nitrogens with zero attached hydrogens (tertiary/aromatic N) is 2. The third-order valence-corrected chi connectivity index (χ3v) is 6.81. The maximum Gasteiger partial charge on any atom is 0.303 e. The van der Waals surface area contributed by atoms with E-state index in [-0.39, 0.29) is 31.0 Å². The minimum absolute atomic E-state index is 0.0127. The van der Waals surface area contributed by atoms with Crippen LogP contribution < -0.4 is 14.8 Å². The topological polar surface area (TPSA) is 95.0 Å². The van der Waals surface area contributed by atoms with E-state index in [0.29, 0.717) is 28.4 Å². The first-order valence-corrected chi connectivity index (χ1v) is 12.2. The van der Waals surface area contributed by atoms with E-state index in [9.17, 15) is 13.9 Å². The Morgan fingerprint density at radius 1 is 1.03 bits per heavy atom. The number of ether oxygens (including phenoxy) is 4. The third kappa shape index (κ3) is 5.10. The molecule has 3 unspecified atom stereocenters. The lowest BCUT2D eigenvalue weighted by Gasteiger charge is -2.30. The van der Waals surface area contributed by atoms with Crippen molar-refractivity contribution in [3.63, 3.8) is 0 Å². The van der Waals surface area contributed by atoms with Gasteiger partial charge in [-0.25, -0.2) is 4.39 Å². The zero-order valence-corrected chi connectivity index (χ0v) is 22.1. The summed E-state index contributed by atoms with van der Waals surface area (Å²) < 4.78 is 67.8. The fourth-order valence-corrected chi connectivity index (χ4v) is 4.36. The van der Waals surface area contributed by atoms with Crippen molar-refractivity contribution in [2.45, 2.75) is 57.5 Å². The van der Waals surface area contributed by atoms with Gasteiger partial charge in [0.05, 0.1) is 17.3 Å². The predicted molar refractivity (Wildman–Crippen MR) is 135 cm³/mol. The van der Waals surface area contributed by atoms with Crippen molar-refractivity contribution >= 4 is 16.6 Å². The summed E-state index contributed by atoms with van der Waals surface area (Å²) in [6.07, 6.45) is -0.677. The molecule has 0 amide bonds. The van der Waals surface area contributed by atoms with E-state index in [1.165, 1.54) is 12.1 Å². The van der Waals surface area contributed by atoms with Gasteiger partial charge in [-0.15, -0.1) is 5.10 Å². The smallest absolute Gasteiger partial charge is 0.303 e. The number of nitrogens with one attached hydrogen (secondary N) is 1. The summed E-state index contributed by atoms with van der Waals surface area (Å²) in [4.78, 5) is 0. The van der Waals surface area contributed by atoms with Crippen molar-refractivity contribution < 1.29 is 37.2 Å².